The number of hydrogen-bond acceptors (Lipinski definition) is 5. The van der Waals surface area contributed by atoms with Crippen molar-refractivity contribution < 1.29 is 17.5 Å². The molecule has 0 aromatic rings. The van der Waals surface area contributed by atoms with Gasteiger partial charge in [0.1, 0.15) is 0 Å². The minimum atomic E-state index is -2.79. The second-order valence-electron chi connectivity index (χ2n) is 3.19. The lowest BCUT2D eigenvalue weighted by Gasteiger charge is -2.17. The largest absolute Gasteiger partial charge is 0.326 e. The molecule has 4 nitrogen and oxygen atoms in total. The summed E-state index contributed by atoms with van der Waals surface area (Å²) in [6.45, 7) is 5.05. The molecule has 0 aromatic carbocycles. The fourth-order valence-electron chi connectivity index (χ4n) is 1.27. The van der Waals surface area contributed by atoms with Crippen LogP contribution in [0.2, 0.25) is 0 Å². The van der Waals surface area contributed by atoms with Crippen molar-refractivity contribution in [3.8, 4) is 0 Å². The molecule has 1 aliphatic rings. The van der Waals surface area contributed by atoms with Gasteiger partial charge in [0.05, 0.1) is 24.7 Å². The van der Waals surface area contributed by atoms with Gasteiger partial charge in [0.2, 0.25) is 7.58 Å². The summed E-state index contributed by atoms with van der Waals surface area (Å²) in [5, 5.41) is 0.152. The maximum atomic E-state index is 11.3. The lowest BCUT2D eigenvalue weighted by molar-refractivity contribution is 0.283. The van der Waals surface area contributed by atoms with Gasteiger partial charge in [-0.1, -0.05) is 11.4 Å². The highest BCUT2D eigenvalue weighted by molar-refractivity contribution is 8.53. The standard InChI is InChI=1S/C8H17O4PS2/c1-3-11-13(12-4-2)14-8-5-6-15(9,10)7-8/h8H,3-7H2,1-2H3. The van der Waals surface area contributed by atoms with Crippen LogP contribution in [0.25, 0.3) is 0 Å². The average Bonchev–Trinajstić information content (AvgIpc) is 2.46. The Morgan fingerprint density at radius 2 is 1.93 bits per heavy atom. The molecule has 0 aliphatic carbocycles. The van der Waals surface area contributed by atoms with Crippen LogP contribution < -0.4 is 0 Å². The molecule has 0 N–H and O–H groups in total. The van der Waals surface area contributed by atoms with Gasteiger partial charge in [0.25, 0.3) is 0 Å². The Morgan fingerprint density at radius 3 is 2.33 bits per heavy atom. The van der Waals surface area contributed by atoms with E-state index in [4.69, 9.17) is 9.05 Å². The van der Waals surface area contributed by atoms with Gasteiger partial charge in [0.15, 0.2) is 9.84 Å². The molecular weight excluding hydrogens is 255 g/mol. The summed E-state index contributed by atoms with van der Waals surface area (Å²) in [5.41, 5.74) is 0. The zero-order valence-corrected chi connectivity index (χ0v) is 11.5. The second-order valence-corrected chi connectivity index (χ2v) is 8.79. The first-order valence-corrected chi connectivity index (χ1v) is 9.49. The Morgan fingerprint density at radius 1 is 1.33 bits per heavy atom. The third-order valence-corrected chi connectivity index (χ3v) is 7.73. The van der Waals surface area contributed by atoms with Crippen molar-refractivity contribution in [2.45, 2.75) is 25.5 Å². The van der Waals surface area contributed by atoms with Crippen LogP contribution in [-0.2, 0) is 18.9 Å². The monoisotopic (exact) mass is 272 g/mol. The summed E-state index contributed by atoms with van der Waals surface area (Å²) in [5.74, 6) is 0.586. The first-order chi connectivity index (χ1) is 7.07. The van der Waals surface area contributed by atoms with Crippen molar-refractivity contribution in [1.82, 2.24) is 0 Å². The lowest BCUT2D eigenvalue weighted by atomic mass is 10.4. The van der Waals surface area contributed by atoms with E-state index >= 15 is 0 Å². The number of rotatable bonds is 6. The van der Waals surface area contributed by atoms with Crippen LogP contribution >= 0.6 is 19.0 Å². The third kappa shape index (κ3) is 5.00. The SMILES string of the molecule is CCOP(OCC)SC1CCS(=O)(=O)C1. The van der Waals surface area contributed by atoms with Crippen LogP contribution in [-0.4, -0.2) is 38.4 Å². The zero-order valence-electron chi connectivity index (χ0n) is 9.01. The summed E-state index contributed by atoms with van der Waals surface area (Å²) in [7, 11) is -3.75. The molecule has 0 radical (unpaired) electrons. The zero-order chi connectivity index (χ0) is 11.3. The van der Waals surface area contributed by atoms with E-state index in [1.165, 1.54) is 0 Å². The lowest BCUT2D eigenvalue weighted by Crippen LogP contribution is -2.06. The minimum absolute atomic E-state index is 0.152. The highest BCUT2D eigenvalue weighted by Crippen LogP contribution is 2.55. The Hall–Kier alpha value is 0.650. The van der Waals surface area contributed by atoms with Crippen LogP contribution in [0.4, 0.5) is 0 Å². The molecule has 1 atom stereocenters. The normalized spacial score (nSPS) is 24.9. The fraction of sp³-hybridized carbons (Fsp3) is 1.00. The molecule has 15 heavy (non-hydrogen) atoms. The van der Waals surface area contributed by atoms with Crippen molar-refractivity contribution in [3.05, 3.63) is 0 Å². The molecule has 1 saturated heterocycles. The highest BCUT2D eigenvalue weighted by Gasteiger charge is 2.31. The molecule has 90 valence electrons. The van der Waals surface area contributed by atoms with Crippen molar-refractivity contribution in [2.24, 2.45) is 0 Å². The second kappa shape index (κ2) is 6.40. The predicted molar refractivity (Wildman–Crippen MR) is 64.8 cm³/mol. The van der Waals surface area contributed by atoms with E-state index in [2.05, 4.69) is 0 Å². The number of hydrogen-bond donors (Lipinski definition) is 0. The van der Waals surface area contributed by atoms with Crippen LogP contribution in [0.1, 0.15) is 20.3 Å². The highest BCUT2D eigenvalue weighted by atomic mass is 32.7. The summed E-state index contributed by atoms with van der Waals surface area (Å²) in [6, 6.07) is 0. The quantitative estimate of drug-likeness (QED) is 0.694. The minimum Gasteiger partial charge on any atom is -0.326 e. The first-order valence-electron chi connectivity index (χ1n) is 5.00. The Bertz CT molecular complexity index is 274. The van der Waals surface area contributed by atoms with Gasteiger partial charge in [0, 0.05) is 5.25 Å². The Labute approximate surface area is 96.7 Å². The smallest absolute Gasteiger partial charge is 0.238 e. The van der Waals surface area contributed by atoms with Gasteiger partial charge in [-0.2, -0.15) is 0 Å². The van der Waals surface area contributed by atoms with Gasteiger partial charge in [-0.05, 0) is 20.3 Å². The van der Waals surface area contributed by atoms with E-state index in [1.54, 1.807) is 11.4 Å². The molecule has 1 rings (SSSR count). The van der Waals surface area contributed by atoms with Crippen LogP contribution in [0.15, 0.2) is 0 Å². The summed E-state index contributed by atoms with van der Waals surface area (Å²) < 4.78 is 33.3. The van der Waals surface area contributed by atoms with Crippen LogP contribution in [0.3, 0.4) is 0 Å². The molecule has 0 amide bonds. The number of sulfone groups is 1. The first kappa shape index (κ1) is 13.7. The molecule has 0 saturated carbocycles. The van der Waals surface area contributed by atoms with E-state index in [9.17, 15) is 8.42 Å². The molecule has 0 spiro atoms. The maximum Gasteiger partial charge on any atom is 0.238 e. The molecule has 1 fully saturated rings. The fourth-order valence-corrected chi connectivity index (χ4v) is 7.51. The summed E-state index contributed by atoms with van der Waals surface area (Å²) in [6.07, 6.45) is 0.728. The molecule has 7 heteroatoms. The van der Waals surface area contributed by atoms with E-state index in [0.717, 1.165) is 6.42 Å². The van der Waals surface area contributed by atoms with Gasteiger partial charge >= 0.3 is 0 Å². The van der Waals surface area contributed by atoms with E-state index in [-0.39, 0.29) is 11.0 Å². The van der Waals surface area contributed by atoms with Crippen molar-refractivity contribution in [2.75, 3.05) is 24.7 Å². The third-order valence-electron chi connectivity index (χ3n) is 1.89. The van der Waals surface area contributed by atoms with Crippen LogP contribution in [0.5, 0.6) is 0 Å². The molecule has 1 unspecified atom stereocenters. The molecule has 0 aromatic heterocycles. The van der Waals surface area contributed by atoms with Crippen molar-refractivity contribution in [3.63, 3.8) is 0 Å². The Balaban J connectivity index is 2.38. The van der Waals surface area contributed by atoms with E-state index < -0.39 is 17.4 Å². The predicted octanol–water partition coefficient (Wildman–Crippen LogP) is 2.21. The van der Waals surface area contributed by atoms with E-state index in [0.29, 0.717) is 19.0 Å². The molecule has 1 heterocycles. The van der Waals surface area contributed by atoms with Gasteiger partial charge < -0.3 is 9.05 Å². The van der Waals surface area contributed by atoms with Crippen LogP contribution in [0, 0.1) is 0 Å². The van der Waals surface area contributed by atoms with E-state index in [1.807, 2.05) is 13.8 Å². The van der Waals surface area contributed by atoms with Gasteiger partial charge in [-0.25, -0.2) is 8.42 Å². The topological polar surface area (TPSA) is 52.6 Å². The van der Waals surface area contributed by atoms with Gasteiger partial charge in [-0.15, -0.1) is 0 Å². The summed E-state index contributed by atoms with van der Waals surface area (Å²) >= 11 is 1.54. The Kier molecular flexibility index (Phi) is 5.85. The average molecular weight is 272 g/mol. The maximum absolute atomic E-state index is 11.3. The van der Waals surface area contributed by atoms with Crippen molar-refractivity contribution in [1.29, 1.82) is 0 Å². The van der Waals surface area contributed by atoms with Gasteiger partial charge in [-0.3, -0.25) is 0 Å². The molecule has 1 aliphatic heterocycles. The van der Waals surface area contributed by atoms with Crippen molar-refractivity contribution >= 4 is 28.8 Å². The molecular formula is C8H17O4PS2. The molecule has 0 bridgehead atoms. The summed E-state index contributed by atoms with van der Waals surface area (Å²) in [4.78, 5) is 0.